The Morgan fingerprint density at radius 1 is 1.32 bits per heavy atom. The fraction of sp³-hybridized carbons (Fsp3) is 0.500. The van der Waals surface area contributed by atoms with Crippen molar-refractivity contribution < 1.29 is 13.9 Å². The molecule has 4 rings (SSSR count). The lowest BCUT2D eigenvalue weighted by molar-refractivity contribution is -0.150. The van der Waals surface area contributed by atoms with Crippen LogP contribution in [0, 0.1) is 5.82 Å². The molecule has 2 atom stereocenters. The van der Waals surface area contributed by atoms with E-state index < -0.39 is 11.4 Å². The van der Waals surface area contributed by atoms with Gasteiger partial charge in [0, 0.05) is 6.54 Å². The SMILES string of the molecule is O=C(Cn1cnc2ccc(F)cc2c1=O)N1CCO[C@H]2CCCC[C@H]21. The van der Waals surface area contributed by atoms with Crippen molar-refractivity contribution in [1.29, 1.82) is 0 Å². The first kappa shape index (κ1) is 16.2. The summed E-state index contributed by atoms with van der Waals surface area (Å²) < 4.78 is 20.5. The van der Waals surface area contributed by atoms with Crippen molar-refractivity contribution in [3.63, 3.8) is 0 Å². The lowest BCUT2D eigenvalue weighted by Gasteiger charge is -2.43. The van der Waals surface area contributed by atoms with Crippen LogP contribution in [0.1, 0.15) is 25.7 Å². The van der Waals surface area contributed by atoms with E-state index in [0.29, 0.717) is 18.7 Å². The fourth-order valence-corrected chi connectivity index (χ4v) is 3.89. The highest BCUT2D eigenvalue weighted by Crippen LogP contribution is 2.28. The van der Waals surface area contributed by atoms with Crippen molar-refractivity contribution >= 4 is 16.8 Å². The van der Waals surface area contributed by atoms with Gasteiger partial charge in [-0.1, -0.05) is 12.8 Å². The maximum atomic E-state index is 13.4. The molecular weight excluding hydrogens is 325 g/mol. The number of hydrogen-bond acceptors (Lipinski definition) is 4. The molecule has 6 nitrogen and oxygen atoms in total. The zero-order valence-electron chi connectivity index (χ0n) is 13.9. The molecule has 1 aliphatic carbocycles. The molecule has 0 bridgehead atoms. The number of benzene rings is 1. The molecule has 2 aromatic rings. The van der Waals surface area contributed by atoms with Crippen molar-refractivity contribution in [2.24, 2.45) is 0 Å². The van der Waals surface area contributed by atoms with Crippen molar-refractivity contribution in [3.8, 4) is 0 Å². The number of hydrogen-bond donors (Lipinski definition) is 0. The van der Waals surface area contributed by atoms with Crippen LogP contribution in [0.25, 0.3) is 10.9 Å². The summed E-state index contributed by atoms with van der Waals surface area (Å²) in [6.07, 6.45) is 5.59. The summed E-state index contributed by atoms with van der Waals surface area (Å²) in [6.45, 7) is 0.995. The molecule has 7 heteroatoms. The highest BCUT2D eigenvalue weighted by molar-refractivity contribution is 5.79. The average molecular weight is 345 g/mol. The minimum absolute atomic E-state index is 0.0818. The van der Waals surface area contributed by atoms with Gasteiger partial charge in [-0.05, 0) is 31.0 Å². The van der Waals surface area contributed by atoms with Crippen molar-refractivity contribution in [2.45, 2.75) is 44.4 Å². The average Bonchev–Trinajstić information content (AvgIpc) is 2.64. The van der Waals surface area contributed by atoms with Crippen LogP contribution in [-0.2, 0) is 16.1 Å². The molecule has 1 aliphatic heterocycles. The van der Waals surface area contributed by atoms with Crippen LogP contribution in [-0.4, -0.2) is 45.7 Å². The van der Waals surface area contributed by atoms with Crippen LogP contribution < -0.4 is 5.56 Å². The van der Waals surface area contributed by atoms with Gasteiger partial charge >= 0.3 is 0 Å². The Hall–Kier alpha value is -2.28. The van der Waals surface area contributed by atoms with Crippen LogP contribution in [0.5, 0.6) is 0 Å². The second-order valence-electron chi connectivity index (χ2n) is 6.69. The van der Waals surface area contributed by atoms with Crippen LogP contribution in [0.2, 0.25) is 0 Å². The molecule has 0 radical (unpaired) electrons. The van der Waals surface area contributed by atoms with E-state index in [2.05, 4.69) is 4.98 Å². The number of rotatable bonds is 2. The number of ether oxygens (including phenoxy) is 1. The van der Waals surface area contributed by atoms with Crippen molar-refractivity contribution in [2.75, 3.05) is 13.2 Å². The lowest BCUT2D eigenvalue weighted by Crippen LogP contribution is -2.55. The summed E-state index contributed by atoms with van der Waals surface area (Å²) in [7, 11) is 0. The van der Waals surface area contributed by atoms with E-state index in [1.54, 1.807) is 0 Å². The first-order valence-electron chi connectivity index (χ1n) is 8.69. The molecule has 132 valence electrons. The van der Waals surface area contributed by atoms with E-state index in [-0.39, 0.29) is 30.0 Å². The maximum absolute atomic E-state index is 13.4. The molecule has 2 aliphatic rings. The van der Waals surface area contributed by atoms with Crippen LogP contribution in [0.4, 0.5) is 4.39 Å². The van der Waals surface area contributed by atoms with Gasteiger partial charge in [-0.2, -0.15) is 0 Å². The first-order chi connectivity index (χ1) is 12.1. The molecule has 2 heterocycles. The Labute approximate surface area is 144 Å². The van der Waals surface area contributed by atoms with E-state index in [1.165, 1.54) is 23.0 Å². The fourth-order valence-electron chi connectivity index (χ4n) is 3.89. The van der Waals surface area contributed by atoms with Crippen molar-refractivity contribution in [3.05, 3.63) is 40.7 Å². The van der Waals surface area contributed by atoms with Gasteiger partial charge in [0.1, 0.15) is 12.4 Å². The number of aromatic nitrogens is 2. The van der Waals surface area contributed by atoms with Gasteiger partial charge < -0.3 is 9.64 Å². The molecular formula is C18H20FN3O3. The summed E-state index contributed by atoms with van der Waals surface area (Å²) in [5.41, 5.74) is 0.0279. The predicted molar refractivity (Wildman–Crippen MR) is 89.7 cm³/mol. The summed E-state index contributed by atoms with van der Waals surface area (Å²) in [4.78, 5) is 31.3. The highest BCUT2D eigenvalue weighted by atomic mass is 19.1. The van der Waals surface area contributed by atoms with Gasteiger partial charge in [-0.3, -0.25) is 14.2 Å². The van der Waals surface area contributed by atoms with E-state index in [4.69, 9.17) is 4.74 Å². The normalized spacial score (nSPS) is 23.5. The third kappa shape index (κ3) is 3.04. The molecule has 1 aromatic carbocycles. The number of carbonyl (C=O) groups is 1. The number of carbonyl (C=O) groups excluding carboxylic acids is 1. The van der Waals surface area contributed by atoms with Crippen LogP contribution in [0.15, 0.2) is 29.3 Å². The second-order valence-corrected chi connectivity index (χ2v) is 6.69. The molecule has 0 unspecified atom stereocenters. The van der Waals surface area contributed by atoms with Gasteiger partial charge in [0.15, 0.2) is 0 Å². The second kappa shape index (κ2) is 6.55. The van der Waals surface area contributed by atoms with Gasteiger partial charge in [0.05, 0.1) is 36.0 Å². The number of amides is 1. The quantitative estimate of drug-likeness (QED) is 0.831. The van der Waals surface area contributed by atoms with Crippen LogP contribution >= 0.6 is 0 Å². The minimum Gasteiger partial charge on any atom is -0.374 e. The predicted octanol–water partition coefficient (Wildman–Crippen LogP) is 1.71. The van der Waals surface area contributed by atoms with Crippen molar-refractivity contribution in [1.82, 2.24) is 14.5 Å². The number of halogens is 1. The summed E-state index contributed by atoms with van der Waals surface area (Å²) in [5.74, 6) is -0.603. The first-order valence-corrected chi connectivity index (χ1v) is 8.69. The zero-order chi connectivity index (χ0) is 17.4. The molecule has 25 heavy (non-hydrogen) atoms. The Morgan fingerprint density at radius 3 is 3.04 bits per heavy atom. The maximum Gasteiger partial charge on any atom is 0.261 e. The van der Waals surface area contributed by atoms with Gasteiger partial charge in [-0.25, -0.2) is 9.37 Å². The van der Waals surface area contributed by atoms with E-state index in [0.717, 1.165) is 31.7 Å². The largest absolute Gasteiger partial charge is 0.374 e. The van der Waals surface area contributed by atoms with E-state index in [1.807, 2.05) is 4.90 Å². The Bertz CT molecular complexity index is 864. The Balaban J connectivity index is 1.59. The number of nitrogens with zero attached hydrogens (tertiary/aromatic N) is 3. The molecule has 1 aromatic heterocycles. The standard InChI is InChI=1S/C18H20FN3O3/c19-12-5-6-14-13(9-12)18(24)21(11-20-14)10-17(23)22-7-8-25-16-4-2-1-3-15(16)22/h5-6,9,11,15-16H,1-4,7-8,10H2/t15-,16+/m1/s1. The van der Waals surface area contributed by atoms with Gasteiger partial charge in [0.2, 0.25) is 5.91 Å². The van der Waals surface area contributed by atoms with E-state index in [9.17, 15) is 14.0 Å². The zero-order valence-corrected chi connectivity index (χ0v) is 13.9. The summed E-state index contributed by atoms with van der Waals surface area (Å²) in [5, 5.41) is 0.188. The number of fused-ring (bicyclic) bond motifs is 2. The van der Waals surface area contributed by atoms with Gasteiger partial charge in [-0.15, -0.1) is 0 Å². The Morgan fingerprint density at radius 2 is 2.16 bits per heavy atom. The molecule has 0 spiro atoms. The summed E-state index contributed by atoms with van der Waals surface area (Å²) in [6, 6.07) is 3.99. The molecule has 2 fully saturated rings. The topological polar surface area (TPSA) is 64.4 Å². The third-order valence-electron chi connectivity index (χ3n) is 5.14. The molecule has 1 saturated carbocycles. The Kier molecular flexibility index (Phi) is 4.25. The smallest absolute Gasteiger partial charge is 0.261 e. The minimum atomic E-state index is -0.492. The lowest BCUT2D eigenvalue weighted by atomic mass is 9.90. The monoisotopic (exact) mass is 345 g/mol. The summed E-state index contributed by atoms with van der Waals surface area (Å²) >= 11 is 0. The van der Waals surface area contributed by atoms with E-state index >= 15 is 0 Å². The van der Waals surface area contributed by atoms with Gasteiger partial charge in [0.25, 0.3) is 5.56 Å². The molecule has 1 saturated heterocycles. The highest BCUT2D eigenvalue weighted by Gasteiger charge is 2.36. The number of morpholine rings is 1. The van der Waals surface area contributed by atoms with Crippen LogP contribution in [0.3, 0.4) is 0 Å². The molecule has 1 amide bonds. The molecule has 0 N–H and O–H groups in total. The third-order valence-corrected chi connectivity index (χ3v) is 5.14.